The Hall–Kier alpha value is -1.84. The Morgan fingerprint density at radius 2 is 1.95 bits per heavy atom. The maximum absolute atomic E-state index is 12.2. The Balaban J connectivity index is 1.91. The molecule has 4 heteroatoms. The van der Waals surface area contributed by atoms with Gasteiger partial charge in [-0.1, -0.05) is 44.2 Å². The molecule has 20 heavy (non-hydrogen) atoms. The number of carbonyl (C=O) groups is 2. The summed E-state index contributed by atoms with van der Waals surface area (Å²) < 4.78 is 0. The van der Waals surface area contributed by atoms with Crippen molar-refractivity contribution >= 4 is 11.8 Å². The smallest absolute Gasteiger partial charge is 0.240 e. The lowest BCUT2D eigenvalue weighted by Gasteiger charge is -2.17. The maximum atomic E-state index is 12.2. The molecule has 0 saturated heterocycles. The average Bonchev–Trinajstić information content (AvgIpc) is 3.18. The Bertz CT molecular complexity index is 485. The second-order valence-corrected chi connectivity index (χ2v) is 5.95. The van der Waals surface area contributed by atoms with Crippen molar-refractivity contribution in [3.63, 3.8) is 0 Å². The number of amides is 2. The van der Waals surface area contributed by atoms with E-state index in [0.717, 1.165) is 6.42 Å². The molecule has 0 bridgehead atoms. The van der Waals surface area contributed by atoms with Crippen LogP contribution in [0.1, 0.15) is 38.2 Å². The number of benzene rings is 1. The van der Waals surface area contributed by atoms with Crippen molar-refractivity contribution in [2.24, 2.45) is 17.6 Å². The van der Waals surface area contributed by atoms with Gasteiger partial charge in [0.25, 0.3) is 0 Å². The first-order valence-corrected chi connectivity index (χ1v) is 7.13. The topological polar surface area (TPSA) is 72.2 Å². The highest BCUT2D eigenvalue weighted by Crippen LogP contribution is 2.47. The van der Waals surface area contributed by atoms with E-state index in [9.17, 15) is 9.59 Å². The van der Waals surface area contributed by atoms with Crippen molar-refractivity contribution in [2.45, 2.75) is 38.6 Å². The molecule has 4 nitrogen and oxygen atoms in total. The molecule has 0 aromatic heterocycles. The van der Waals surface area contributed by atoms with Crippen LogP contribution in [0.2, 0.25) is 0 Å². The summed E-state index contributed by atoms with van der Waals surface area (Å²) in [5, 5.41) is 2.80. The Morgan fingerprint density at radius 3 is 2.50 bits per heavy atom. The van der Waals surface area contributed by atoms with Gasteiger partial charge in [-0.05, 0) is 30.2 Å². The van der Waals surface area contributed by atoms with E-state index in [1.54, 1.807) is 0 Å². The van der Waals surface area contributed by atoms with Crippen molar-refractivity contribution in [1.29, 1.82) is 0 Å². The number of primary amides is 1. The Labute approximate surface area is 119 Å². The van der Waals surface area contributed by atoms with Crippen LogP contribution in [0.5, 0.6) is 0 Å². The minimum absolute atomic E-state index is 0.0218. The van der Waals surface area contributed by atoms with Gasteiger partial charge in [-0.25, -0.2) is 0 Å². The summed E-state index contributed by atoms with van der Waals surface area (Å²) in [6.07, 6.45) is 1.44. The number of rotatable bonds is 6. The van der Waals surface area contributed by atoms with Crippen molar-refractivity contribution in [3.8, 4) is 0 Å². The normalized spacial score (nSPS) is 22.4. The van der Waals surface area contributed by atoms with Gasteiger partial charge in [0.15, 0.2) is 0 Å². The molecule has 1 fully saturated rings. The number of hydrogen-bond donors (Lipinski definition) is 2. The third-order valence-electron chi connectivity index (χ3n) is 3.72. The monoisotopic (exact) mass is 274 g/mol. The van der Waals surface area contributed by atoms with E-state index in [0.29, 0.717) is 12.3 Å². The summed E-state index contributed by atoms with van der Waals surface area (Å²) in [5.41, 5.74) is 6.53. The van der Waals surface area contributed by atoms with Crippen LogP contribution in [-0.4, -0.2) is 17.9 Å². The summed E-state index contributed by atoms with van der Waals surface area (Å²) >= 11 is 0. The van der Waals surface area contributed by atoms with Gasteiger partial charge in [0.2, 0.25) is 11.8 Å². The molecule has 0 radical (unpaired) electrons. The first kappa shape index (κ1) is 14.6. The molecular weight excluding hydrogens is 252 g/mol. The molecule has 3 N–H and O–H groups in total. The predicted molar refractivity (Wildman–Crippen MR) is 77.9 cm³/mol. The van der Waals surface area contributed by atoms with Crippen LogP contribution in [0, 0.1) is 11.8 Å². The van der Waals surface area contributed by atoms with Crippen molar-refractivity contribution in [3.05, 3.63) is 35.9 Å². The molecule has 0 heterocycles. The van der Waals surface area contributed by atoms with Gasteiger partial charge < -0.3 is 11.1 Å². The molecule has 1 aliphatic carbocycles. The average molecular weight is 274 g/mol. The lowest BCUT2D eigenvalue weighted by molar-refractivity contribution is -0.128. The quantitative estimate of drug-likeness (QED) is 0.830. The molecule has 1 aliphatic rings. The van der Waals surface area contributed by atoms with E-state index in [4.69, 9.17) is 5.73 Å². The van der Waals surface area contributed by atoms with Crippen molar-refractivity contribution in [2.75, 3.05) is 0 Å². The SMILES string of the molecule is CC(C)C[C@H](NC(=O)C1C[C@H]1c1ccccc1)C(N)=O. The van der Waals surface area contributed by atoms with Crippen LogP contribution in [0.3, 0.4) is 0 Å². The summed E-state index contributed by atoms with van der Waals surface area (Å²) in [4.78, 5) is 23.5. The van der Waals surface area contributed by atoms with Crippen LogP contribution in [0.25, 0.3) is 0 Å². The van der Waals surface area contributed by atoms with Gasteiger partial charge in [0, 0.05) is 5.92 Å². The van der Waals surface area contributed by atoms with Crippen molar-refractivity contribution < 1.29 is 9.59 Å². The van der Waals surface area contributed by atoms with Gasteiger partial charge in [0.1, 0.15) is 6.04 Å². The second kappa shape index (κ2) is 6.07. The summed E-state index contributed by atoms with van der Waals surface area (Å²) in [5.74, 6) is 0.0689. The van der Waals surface area contributed by atoms with Crippen LogP contribution in [-0.2, 0) is 9.59 Å². The summed E-state index contributed by atoms with van der Waals surface area (Å²) in [6.45, 7) is 4.01. The van der Waals surface area contributed by atoms with Crippen LogP contribution < -0.4 is 11.1 Å². The molecule has 1 aromatic rings. The van der Waals surface area contributed by atoms with Crippen molar-refractivity contribution in [1.82, 2.24) is 5.32 Å². The lowest BCUT2D eigenvalue weighted by Crippen LogP contribution is -2.45. The van der Waals surface area contributed by atoms with E-state index in [1.165, 1.54) is 5.56 Å². The molecule has 108 valence electrons. The molecule has 1 aromatic carbocycles. The summed E-state index contributed by atoms with van der Waals surface area (Å²) in [6, 6.07) is 9.45. The standard InChI is InChI=1S/C16H22N2O2/c1-10(2)8-14(15(17)19)18-16(20)13-9-12(13)11-6-4-3-5-7-11/h3-7,10,12-14H,8-9H2,1-2H3,(H2,17,19)(H,18,20)/t12-,13?,14-/m0/s1. The second-order valence-electron chi connectivity index (χ2n) is 5.95. The zero-order valence-corrected chi connectivity index (χ0v) is 12.0. The third-order valence-corrected chi connectivity index (χ3v) is 3.72. The highest BCUT2D eigenvalue weighted by atomic mass is 16.2. The van der Waals surface area contributed by atoms with Crippen LogP contribution in [0.4, 0.5) is 0 Å². The minimum Gasteiger partial charge on any atom is -0.368 e. The number of carbonyl (C=O) groups excluding carboxylic acids is 2. The van der Waals surface area contributed by atoms with Gasteiger partial charge in [-0.2, -0.15) is 0 Å². The fourth-order valence-electron chi connectivity index (χ4n) is 2.55. The maximum Gasteiger partial charge on any atom is 0.240 e. The molecule has 1 unspecified atom stereocenters. The zero-order chi connectivity index (χ0) is 14.7. The largest absolute Gasteiger partial charge is 0.368 e. The lowest BCUT2D eigenvalue weighted by atomic mass is 10.0. The molecule has 3 atom stereocenters. The van der Waals surface area contributed by atoms with E-state index in [2.05, 4.69) is 5.32 Å². The first-order valence-electron chi connectivity index (χ1n) is 7.13. The van der Waals surface area contributed by atoms with Gasteiger partial charge in [-0.15, -0.1) is 0 Å². The minimum atomic E-state index is -0.556. The number of nitrogens with two attached hydrogens (primary N) is 1. The summed E-state index contributed by atoms with van der Waals surface area (Å²) in [7, 11) is 0. The Morgan fingerprint density at radius 1 is 1.30 bits per heavy atom. The molecule has 0 spiro atoms. The molecular formula is C16H22N2O2. The van der Waals surface area contributed by atoms with Gasteiger partial charge in [-0.3, -0.25) is 9.59 Å². The Kier molecular flexibility index (Phi) is 4.42. The number of nitrogens with one attached hydrogen (secondary N) is 1. The van der Waals surface area contributed by atoms with E-state index in [1.807, 2.05) is 44.2 Å². The van der Waals surface area contributed by atoms with Gasteiger partial charge in [0.05, 0.1) is 0 Å². The van der Waals surface area contributed by atoms with Crippen LogP contribution in [0.15, 0.2) is 30.3 Å². The van der Waals surface area contributed by atoms with Crippen LogP contribution >= 0.6 is 0 Å². The molecule has 0 aliphatic heterocycles. The molecule has 1 saturated carbocycles. The van der Waals surface area contributed by atoms with E-state index < -0.39 is 11.9 Å². The van der Waals surface area contributed by atoms with Gasteiger partial charge >= 0.3 is 0 Å². The molecule has 2 amide bonds. The van der Waals surface area contributed by atoms with E-state index >= 15 is 0 Å². The highest BCUT2D eigenvalue weighted by molar-refractivity contribution is 5.89. The zero-order valence-electron chi connectivity index (χ0n) is 12.0. The van der Waals surface area contributed by atoms with E-state index in [-0.39, 0.29) is 17.7 Å². The first-order chi connectivity index (χ1) is 9.49. The molecule has 2 rings (SSSR count). The predicted octanol–water partition coefficient (Wildman–Crippen LogP) is 1.81. The fraction of sp³-hybridized carbons (Fsp3) is 0.500. The third kappa shape index (κ3) is 3.59. The number of hydrogen-bond acceptors (Lipinski definition) is 2. The fourth-order valence-corrected chi connectivity index (χ4v) is 2.55. The highest BCUT2D eigenvalue weighted by Gasteiger charge is 2.44.